The van der Waals surface area contributed by atoms with E-state index in [0.29, 0.717) is 24.1 Å². The van der Waals surface area contributed by atoms with Crippen molar-refractivity contribution in [2.75, 3.05) is 54.1 Å². The van der Waals surface area contributed by atoms with Gasteiger partial charge in [-0.3, -0.25) is 13.8 Å². The molecule has 0 bridgehead atoms. The van der Waals surface area contributed by atoms with E-state index in [0.717, 1.165) is 44.9 Å². The zero-order valence-corrected chi connectivity index (χ0v) is 41.1. The number of allylic oxidation sites excluding steroid dienone is 6. The van der Waals surface area contributed by atoms with Crippen LogP contribution < -0.4 is 0 Å². The molecule has 0 aliphatic carbocycles. The van der Waals surface area contributed by atoms with Crippen LogP contribution in [0.15, 0.2) is 36.5 Å². The normalized spacial score (nSPS) is 13.9. The van der Waals surface area contributed by atoms with Crippen molar-refractivity contribution >= 4 is 13.8 Å². The lowest BCUT2D eigenvalue weighted by Crippen LogP contribution is -2.37. The number of nitrogens with zero attached hydrogens (tertiary/aromatic N) is 1. The van der Waals surface area contributed by atoms with Crippen molar-refractivity contribution < 1.29 is 37.3 Å². The number of ether oxygens (including phenoxy) is 2. The molecule has 0 aromatic rings. The zero-order chi connectivity index (χ0) is 44.1. The summed E-state index contributed by atoms with van der Waals surface area (Å²) >= 11 is 0. The first-order valence-corrected chi connectivity index (χ1v) is 26.7. The van der Waals surface area contributed by atoms with Gasteiger partial charge >= 0.3 is 13.8 Å². The van der Waals surface area contributed by atoms with Crippen LogP contribution in [0.25, 0.3) is 0 Å². The average molecular weight is 869 g/mol. The lowest BCUT2D eigenvalue weighted by atomic mass is 10.0. The number of carbonyl (C=O) groups excluding carboxylic acids is 1. The summed E-state index contributed by atoms with van der Waals surface area (Å²) in [7, 11) is 1.67. The average Bonchev–Trinajstić information content (AvgIpc) is 3.20. The van der Waals surface area contributed by atoms with Gasteiger partial charge in [0.25, 0.3) is 0 Å². The molecule has 0 aliphatic heterocycles. The van der Waals surface area contributed by atoms with Crippen LogP contribution >= 0.6 is 7.82 Å². The number of carbonyl (C=O) groups is 1. The minimum absolute atomic E-state index is 0.0885. The number of phosphoric acid groups is 1. The summed E-state index contributed by atoms with van der Waals surface area (Å²) in [6.45, 7) is 5.63. The highest BCUT2D eigenvalue weighted by Crippen LogP contribution is 2.43. The van der Waals surface area contributed by atoms with Crippen molar-refractivity contribution in [2.45, 2.75) is 232 Å². The molecular weight excluding hydrogens is 770 g/mol. The Morgan fingerprint density at radius 2 is 0.917 bits per heavy atom. The molecule has 0 rings (SSSR count). The summed E-state index contributed by atoms with van der Waals surface area (Å²) in [6.07, 6.45) is 53.3. The van der Waals surface area contributed by atoms with Gasteiger partial charge in [-0.15, -0.1) is 0 Å². The first kappa shape index (κ1) is 58.7. The lowest BCUT2D eigenvalue weighted by Gasteiger charge is -2.24. The van der Waals surface area contributed by atoms with Gasteiger partial charge in [0.15, 0.2) is 0 Å². The van der Waals surface area contributed by atoms with Crippen molar-refractivity contribution in [3.8, 4) is 0 Å². The number of unbranched alkanes of at least 4 members (excludes halogenated alkanes) is 27. The Hall–Kier alpha value is -1.28. The second-order valence-corrected chi connectivity index (χ2v) is 19.7. The van der Waals surface area contributed by atoms with Crippen molar-refractivity contribution in [2.24, 2.45) is 0 Å². The largest absolute Gasteiger partial charge is 0.472 e. The molecule has 0 aromatic heterocycles. The molecule has 8 nitrogen and oxygen atoms in total. The molecule has 1 N–H and O–H groups in total. The number of esters is 1. The van der Waals surface area contributed by atoms with Gasteiger partial charge in [0, 0.05) is 13.0 Å². The topological polar surface area (TPSA) is 91.3 Å². The number of rotatable bonds is 47. The third-order valence-corrected chi connectivity index (χ3v) is 11.9. The standard InChI is InChI=1S/C51H98NO7P/c1-6-8-10-12-14-16-18-20-22-23-24-25-26-27-28-29-30-31-33-35-37-39-41-43-46-56-48-50(49-58-60(54,55)57-47-45-52(3,4)5)59-51(53)44-42-40-38-36-34-32-21-19-17-15-13-11-9-7-2/h18,20,23-24,26-27,50H,6-17,19,21-22,25,28-49H2,1-5H3/p+1/b20-18-,24-23-,27-26-. The van der Waals surface area contributed by atoms with Crippen molar-refractivity contribution in [3.05, 3.63) is 36.5 Å². The third kappa shape index (κ3) is 47.8. The van der Waals surface area contributed by atoms with E-state index in [2.05, 4.69) is 50.3 Å². The molecule has 0 radical (unpaired) electrons. The Kier molecular flexibility index (Phi) is 43.4. The Bertz CT molecular complexity index is 1060. The summed E-state index contributed by atoms with van der Waals surface area (Å²) in [5, 5.41) is 0. The Morgan fingerprint density at radius 3 is 1.37 bits per heavy atom. The predicted octanol–water partition coefficient (Wildman–Crippen LogP) is 15.3. The van der Waals surface area contributed by atoms with E-state index in [-0.39, 0.29) is 25.8 Å². The van der Waals surface area contributed by atoms with E-state index in [9.17, 15) is 14.3 Å². The summed E-state index contributed by atoms with van der Waals surface area (Å²) in [5.41, 5.74) is 0. The van der Waals surface area contributed by atoms with E-state index in [1.54, 1.807) is 0 Å². The summed E-state index contributed by atoms with van der Waals surface area (Å²) in [4.78, 5) is 22.9. The van der Waals surface area contributed by atoms with E-state index in [1.165, 1.54) is 161 Å². The molecule has 0 heterocycles. The van der Waals surface area contributed by atoms with Gasteiger partial charge in [-0.25, -0.2) is 4.57 Å². The molecule has 0 fully saturated rings. The molecule has 0 aromatic carbocycles. The van der Waals surface area contributed by atoms with Gasteiger partial charge in [0.05, 0.1) is 34.4 Å². The van der Waals surface area contributed by atoms with Crippen LogP contribution in [0, 0.1) is 0 Å². The minimum atomic E-state index is -4.28. The first-order chi connectivity index (χ1) is 29.1. The highest BCUT2D eigenvalue weighted by Gasteiger charge is 2.26. The maximum atomic E-state index is 12.7. The van der Waals surface area contributed by atoms with Gasteiger partial charge in [0.1, 0.15) is 19.3 Å². The fourth-order valence-electron chi connectivity index (χ4n) is 7.03. The van der Waals surface area contributed by atoms with E-state index in [4.69, 9.17) is 18.5 Å². The second kappa shape index (κ2) is 44.3. The SMILES string of the molecule is CCCCCCC/C=C\C/C=C\C/C=C\CCCCCCCCCCCOCC(COP(=O)(O)OCC[N+](C)(C)C)OC(=O)CCCCCCCCCCCCCCCC. The number of hydrogen-bond acceptors (Lipinski definition) is 6. The van der Waals surface area contributed by atoms with Crippen LogP contribution in [-0.2, 0) is 27.9 Å². The number of hydrogen-bond donors (Lipinski definition) is 1. The fourth-order valence-corrected chi connectivity index (χ4v) is 7.77. The fraction of sp³-hybridized carbons (Fsp3) is 0.863. The highest BCUT2D eigenvalue weighted by molar-refractivity contribution is 7.47. The van der Waals surface area contributed by atoms with Gasteiger partial charge in [0.2, 0.25) is 0 Å². The van der Waals surface area contributed by atoms with E-state index in [1.807, 2.05) is 21.1 Å². The van der Waals surface area contributed by atoms with Crippen molar-refractivity contribution in [1.82, 2.24) is 0 Å². The molecule has 0 amide bonds. The molecule has 2 unspecified atom stereocenters. The van der Waals surface area contributed by atoms with Gasteiger partial charge in [-0.2, -0.15) is 0 Å². The monoisotopic (exact) mass is 869 g/mol. The molecule has 0 aliphatic rings. The Labute approximate surface area is 372 Å². The third-order valence-electron chi connectivity index (χ3n) is 11.0. The van der Waals surface area contributed by atoms with Gasteiger partial charge < -0.3 is 18.9 Å². The van der Waals surface area contributed by atoms with Crippen LogP contribution in [0.3, 0.4) is 0 Å². The van der Waals surface area contributed by atoms with Crippen LogP contribution in [0.2, 0.25) is 0 Å². The molecular formula is C51H99NO7P+. The van der Waals surface area contributed by atoms with E-state index >= 15 is 0 Å². The molecule has 354 valence electrons. The maximum Gasteiger partial charge on any atom is 0.472 e. The summed E-state index contributed by atoms with van der Waals surface area (Å²) < 4.78 is 35.1. The minimum Gasteiger partial charge on any atom is -0.457 e. The molecule has 0 spiro atoms. The first-order valence-electron chi connectivity index (χ1n) is 25.2. The van der Waals surface area contributed by atoms with Gasteiger partial charge in [-0.05, 0) is 51.4 Å². The smallest absolute Gasteiger partial charge is 0.457 e. The number of quaternary nitrogens is 1. The molecule has 2 atom stereocenters. The maximum absolute atomic E-state index is 12.7. The van der Waals surface area contributed by atoms with Crippen molar-refractivity contribution in [3.63, 3.8) is 0 Å². The van der Waals surface area contributed by atoms with Crippen LogP contribution in [-0.4, -0.2) is 75.6 Å². The number of phosphoric ester groups is 1. The highest BCUT2D eigenvalue weighted by atomic mass is 31.2. The molecule has 0 saturated heterocycles. The van der Waals surface area contributed by atoms with Crippen LogP contribution in [0.4, 0.5) is 0 Å². The van der Waals surface area contributed by atoms with Gasteiger partial charge in [-0.1, -0.05) is 204 Å². The second-order valence-electron chi connectivity index (χ2n) is 18.2. The Balaban J connectivity index is 4.11. The molecule has 60 heavy (non-hydrogen) atoms. The Morgan fingerprint density at radius 1 is 0.517 bits per heavy atom. The van der Waals surface area contributed by atoms with E-state index < -0.39 is 13.9 Å². The molecule has 9 heteroatoms. The lowest BCUT2D eigenvalue weighted by molar-refractivity contribution is -0.870. The van der Waals surface area contributed by atoms with Crippen LogP contribution in [0.1, 0.15) is 226 Å². The van der Waals surface area contributed by atoms with Crippen molar-refractivity contribution in [1.29, 1.82) is 0 Å². The zero-order valence-electron chi connectivity index (χ0n) is 40.2. The molecule has 0 saturated carbocycles. The summed E-state index contributed by atoms with van der Waals surface area (Å²) in [5.74, 6) is -0.313. The quantitative estimate of drug-likeness (QED) is 0.0214. The number of likely N-dealkylation sites (N-methyl/N-ethyl adjacent to an activating group) is 1. The summed E-state index contributed by atoms with van der Waals surface area (Å²) in [6, 6.07) is 0. The van der Waals surface area contributed by atoms with Crippen LogP contribution in [0.5, 0.6) is 0 Å². The predicted molar refractivity (Wildman–Crippen MR) is 256 cm³/mol.